The molecule has 0 spiro atoms. The van der Waals surface area contributed by atoms with Crippen LogP contribution in [0.5, 0.6) is 11.5 Å². The second-order valence-electron chi connectivity index (χ2n) is 22.2. The van der Waals surface area contributed by atoms with Crippen LogP contribution in [0.3, 0.4) is 0 Å². The van der Waals surface area contributed by atoms with Gasteiger partial charge in [0.1, 0.15) is 5.82 Å². The van der Waals surface area contributed by atoms with Crippen molar-refractivity contribution in [1.82, 2.24) is 14.1 Å². The van der Waals surface area contributed by atoms with Crippen molar-refractivity contribution in [2.75, 3.05) is 0 Å². The van der Waals surface area contributed by atoms with Gasteiger partial charge in [0.05, 0.1) is 16.7 Å². The van der Waals surface area contributed by atoms with Crippen LogP contribution in [0.25, 0.3) is 136 Å². The van der Waals surface area contributed by atoms with Gasteiger partial charge in [-0.3, -0.25) is 4.57 Å². The second-order valence-corrected chi connectivity index (χ2v) is 22.2. The fourth-order valence-electron chi connectivity index (χ4n) is 12.9. The van der Waals surface area contributed by atoms with Gasteiger partial charge in [-0.2, -0.15) is 18.2 Å². The fraction of sp³-hybridized carbons (Fsp3) is 0.0526. The summed E-state index contributed by atoms with van der Waals surface area (Å²) in [6.07, 6.45) is 5.95. The molecule has 0 aliphatic heterocycles. The maximum Gasteiger partial charge on any atom is 0.268 e. The number of hydrogen-bond donors (Lipinski definition) is 0. The summed E-state index contributed by atoms with van der Waals surface area (Å²) in [4.78, 5) is 4.92. The molecule has 16 aromatic rings. The molecule has 0 saturated heterocycles. The van der Waals surface area contributed by atoms with Crippen LogP contribution in [-0.4, -0.2) is 14.1 Å². The number of benzene rings is 11. The Hall–Kier alpha value is -9.67. The molecular weight excluding hydrogens is 1180 g/mol. The maximum atomic E-state index is 6.84. The van der Waals surface area contributed by atoms with E-state index >= 15 is 0 Å². The predicted octanol–water partition coefficient (Wildman–Crippen LogP) is 19.2. The normalized spacial score (nSPS) is 12.0. The molecule has 0 aliphatic rings. The van der Waals surface area contributed by atoms with E-state index in [0.717, 1.165) is 82.3 Å². The minimum atomic E-state index is -0.0519. The Labute approximate surface area is 488 Å². The van der Waals surface area contributed by atoms with E-state index in [0.29, 0.717) is 11.5 Å². The summed E-state index contributed by atoms with van der Waals surface area (Å²) in [5, 5.41) is 20.9. The molecule has 0 atom stereocenters. The molecular formula is C76H50N4OPt-2. The molecule has 0 saturated carbocycles. The largest absolute Gasteiger partial charge is 0.510 e. The molecule has 6 heteroatoms. The third-order valence-corrected chi connectivity index (χ3v) is 16.5. The van der Waals surface area contributed by atoms with Crippen LogP contribution in [0.4, 0.5) is 0 Å². The van der Waals surface area contributed by atoms with Crippen LogP contribution >= 0.6 is 0 Å². The summed E-state index contributed by atoms with van der Waals surface area (Å²) >= 11 is 0. The quantitative estimate of drug-likeness (QED) is 0.127. The van der Waals surface area contributed by atoms with E-state index in [4.69, 9.17) is 9.72 Å². The average Bonchev–Trinajstić information content (AvgIpc) is 4.15. The first kappa shape index (κ1) is 49.4. The fourth-order valence-corrected chi connectivity index (χ4v) is 12.9. The average molecular weight is 1230 g/mol. The van der Waals surface area contributed by atoms with Crippen molar-refractivity contribution in [3.63, 3.8) is 0 Å². The zero-order chi connectivity index (χ0) is 53.9. The van der Waals surface area contributed by atoms with Crippen LogP contribution < -0.4 is 9.30 Å². The Morgan fingerprint density at radius 3 is 1.39 bits per heavy atom. The van der Waals surface area contributed by atoms with Crippen molar-refractivity contribution in [1.29, 1.82) is 0 Å². The van der Waals surface area contributed by atoms with Crippen LogP contribution in [-0.2, 0) is 26.5 Å². The van der Waals surface area contributed by atoms with Gasteiger partial charge < -0.3 is 13.9 Å². The van der Waals surface area contributed by atoms with E-state index in [9.17, 15) is 0 Å². The summed E-state index contributed by atoms with van der Waals surface area (Å²) in [6, 6.07) is 95.1. The summed E-state index contributed by atoms with van der Waals surface area (Å²) in [7, 11) is 0. The smallest absolute Gasteiger partial charge is 0.268 e. The number of pyridine rings is 1. The number of hydrogen-bond acceptors (Lipinski definition) is 2. The van der Waals surface area contributed by atoms with E-state index < -0.39 is 0 Å². The van der Waals surface area contributed by atoms with Gasteiger partial charge in [-0.25, -0.2) is 4.98 Å². The minimum absolute atomic E-state index is 0. The molecule has 82 heavy (non-hydrogen) atoms. The number of aromatic nitrogens is 4. The van der Waals surface area contributed by atoms with Gasteiger partial charge in [-0.05, 0) is 122 Å². The van der Waals surface area contributed by atoms with Crippen molar-refractivity contribution < 1.29 is 30.4 Å². The monoisotopic (exact) mass is 1230 g/mol. The van der Waals surface area contributed by atoms with Crippen LogP contribution in [0.2, 0.25) is 0 Å². The minimum Gasteiger partial charge on any atom is -0.510 e. The molecule has 0 bridgehead atoms. The zero-order valence-electron chi connectivity index (χ0n) is 45.2. The van der Waals surface area contributed by atoms with Gasteiger partial charge in [0.2, 0.25) is 0 Å². The van der Waals surface area contributed by atoms with Crippen molar-refractivity contribution in [2.45, 2.75) is 26.2 Å². The number of ether oxygens (including phenoxy) is 1. The van der Waals surface area contributed by atoms with E-state index in [2.05, 4.69) is 277 Å². The molecule has 0 aliphatic carbocycles. The maximum absolute atomic E-state index is 6.84. The molecule has 0 amide bonds. The van der Waals surface area contributed by atoms with Gasteiger partial charge in [0.15, 0.2) is 0 Å². The topological polar surface area (TPSA) is 35.9 Å². The molecule has 3 heterocycles. The summed E-state index contributed by atoms with van der Waals surface area (Å²) < 4.78 is 13.5. The van der Waals surface area contributed by atoms with Crippen LogP contribution in [0, 0.1) is 18.5 Å². The number of fused-ring (bicyclic) bond motifs is 20. The molecule has 3 aromatic heterocycles. The third kappa shape index (κ3) is 7.71. The SMILES string of the molecule is CC(C)(C)c1ccnc(-n2c3[c-]c(Oc4[c-]c(-n5[c-][n+](-c6c7c8ccccc8c8ccccc8c8ccccc8c7cc7c8ccccc8c8ccccc8c8ccccc8c67)c6ccccc65)ccc4)ccc3c3ccccc32)c1.[Pt]. The van der Waals surface area contributed by atoms with Gasteiger partial charge in [0, 0.05) is 55.1 Å². The molecule has 392 valence electrons. The number of imidazole rings is 1. The van der Waals surface area contributed by atoms with E-state index in [1.165, 1.54) is 59.4 Å². The van der Waals surface area contributed by atoms with Crippen molar-refractivity contribution in [3.05, 3.63) is 273 Å². The molecule has 0 fully saturated rings. The van der Waals surface area contributed by atoms with Crippen molar-refractivity contribution in [2.24, 2.45) is 0 Å². The number of nitrogens with zero attached hydrogens (tertiary/aromatic N) is 4. The third-order valence-electron chi connectivity index (χ3n) is 16.5. The van der Waals surface area contributed by atoms with Gasteiger partial charge >= 0.3 is 0 Å². The Balaban J connectivity index is 0.00000576. The predicted molar refractivity (Wildman–Crippen MR) is 336 cm³/mol. The molecule has 0 radical (unpaired) electrons. The molecule has 5 nitrogen and oxygen atoms in total. The van der Waals surface area contributed by atoms with Gasteiger partial charge in [-0.15, -0.1) is 29.7 Å². The summed E-state index contributed by atoms with van der Waals surface area (Å²) in [5.41, 5.74) is 6.88. The van der Waals surface area contributed by atoms with E-state index in [1.54, 1.807) is 0 Å². The number of para-hydroxylation sites is 3. The molecule has 13 aromatic carbocycles. The molecule has 0 N–H and O–H groups in total. The van der Waals surface area contributed by atoms with E-state index in [1.807, 2.05) is 24.4 Å². The van der Waals surface area contributed by atoms with Crippen LogP contribution in [0.1, 0.15) is 26.3 Å². The van der Waals surface area contributed by atoms with Gasteiger partial charge in [-0.1, -0.05) is 214 Å². The molecule has 0 unspecified atom stereocenters. The van der Waals surface area contributed by atoms with Crippen LogP contribution in [0.15, 0.2) is 249 Å². The van der Waals surface area contributed by atoms with Crippen molar-refractivity contribution >= 4 is 119 Å². The van der Waals surface area contributed by atoms with Gasteiger partial charge in [0.25, 0.3) is 6.33 Å². The molecule has 16 rings (SSSR count). The summed E-state index contributed by atoms with van der Waals surface area (Å²) in [6.45, 7) is 6.70. The first-order valence-corrected chi connectivity index (χ1v) is 27.7. The van der Waals surface area contributed by atoms with Crippen molar-refractivity contribution in [3.8, 4) is 28.7 Å². The second kappa shape index (κ2) is 19.3. The zero-order valence-corrected chi connectivity index (χ0v) is 47.5. The first-order valence-electron chi connectivity index (χ1n) is 27.7. The standard InChI is InChI=1S/C76H50N4O.Pt/c1-76(2,3)48-41-42-77-72(43-48)80-68-36-17-16-33-62(68)63-40-39-51(45-71(63)80)81-50-22-20-21-49(44-50)78-47-79(70-38-19-18-37-69(70)78)75-73-64-34-14-12-29-58(64)54-25-6-4-23-52(54)56-27-8-10-31-60(56)66(73)46-67-61-32-11-9-28-57(61)53-24-5-7-26-55(53)59-30-13-15-35-65(59)74(67)75;/h4-43,46H,1-3H3;/q-2;. The Kier molecular flexibility index (Phi) is 11.6. The van der Waals surface area contributed by atoms with E-state index in [-0.39, 0.29) is 26.5 Å². The first-order chi connectivity index (χ1) is 39.8. The Morgan fingerprint density at radius 2 is 0.854 bits per heavy atom. The summed E-state index contributed by atoms with van der Waals surface area (Å²) in [5.74, 6) is 1.97. The Bertz CT molecular complexity index is 5210. The Morgan fingerprint density at radius 1 is 0.402 bits per heavy atom. The number of rotatable bonds is 5.